The number of β-amino-alcohol motifs (C(OH)–C–C–N with tert-alkyl or cyclic N) is 1. The van der Waals surface area contributed by atoms with Crippen molar-refractivity contribution in [3.8, 4) is 0 Å². The van der Waals surface area contributed by atoms with Crippen LogP contribution < -0.4 is 5.73 Å². The molecule has 1 aliphatic rings. The summed E-state index contributed by atoms with van der Waals surface area (Å²) in [5.41, 5.74) is 6.15. The smallest absolute Gasteiger partial charge is 0.122 e. The lowest BCUT2D eigenvalue weighted by Gasteiger charge is -2.31. The van der Waals surface area contributed by atoms with E-state index in [1.165, 1.54) is 0 Å². The molecule has 0 spiro atoms. The fraction of sp³-hybridized carbons (Fsp3) is 0.714. The van der Waals surface area contributed by atoms with Gasteiger partial charge in [-0.25, -0.2) is 0 Å². The monoisotopic (exact) mass is 267 g/mol. The molecule has 1 saturated heterocycles. The summed E-state index contributed by atoms with van der Waals surface area (Å²) in [5.74, 6) is 0.950. The molecule has 2 heterocycles. The second kappa shape index (κ2) is 7.05. The number of aliphatic hydroxyl groups excluding tert-OH is 1. The Morgan fingerprint density at radius 2 is 2.21 bits per heavy atom. The summed E-state index contributed by atoms with van der Waals surface area (Å²) in [5, 5.41) is 9.03. The average molecular weight is 267 g/mol. The van der Waals surface area contributed by atoms with Crippen LogP contribution in [0.3, 0.4) is 0 Å². The van der Waals surface area contributed by atoms with Gasteiger partial charge >= 0.3 is 0 Å². The van der Waals surface area contributed by atoms with Crippen LogP contribution in [-0.2, 0) is 0 Å². The second-order valence-corrected chi connectivity index (χ2v) is 5.27. The van der Waals surface area contributed by atoms with Crippen LogP contribution in [-0.4, -0.2) is 60.3 Å². The maximum absolute atomic E-state index is 9.03. The molecule has 5 heteroatoms. The minimum Gasteiger partial charge on any atom is -0.468 e. The molecule has 0 bridgehead atoms. The van der Waals surface area contributed by atoms with Crippen molar-refractivity contribution < 1.29 is 9.52 Å². The van der Waals surface area contributed by atoms with Crippen molar-refractivity contribution in [1.82, 2.24) is 9.80 Å². The van der Waals surface area contributed by atoms with Gasteiger partial charge in [-0.3, -0.25) is 9.80 Å². The van der Waals surface area contributed by atoms with Gasteiger partial charge in [0.15, 0.2) is 0 Å². The quantitative estimate of drug-likeness (QED) is 0.821. The lowest BCUT2D eigenvalue weighted by atomic mass is 10.1. The normalized spacial score (nSPS) is 22.1. The minimum atomic E-state index is 0.0375. The van der Waals surface area contributed by atoms with Gasteiger partial charge in [0.05, 0.1) is 18.9 Å². The van der Waals surface area contributed by atoms with Crippen LogP contribution >= 0.6 is 0 Å². The van der Waals surface area contributed by atoms with Crippen LogP contribution in [0.2, 0.25) is 0 Å². The molecule has 5 nitrogen and oxygen atoms in total. The predicted molar refractivity (Wildman–Crippen MR) is 74.8 cm³/mol. The number of hydrogen-bond acceptors (Lipinski definition) is 5. The van der Waals surface area contributed by atoms with Gasteiger partial charge in [-0.05, 0) is 32.0 Å². The predicted octanol–water partition coefficient (Wildman–Crippen LogP) is 0.668. The molecule has 1 aromatic rings. The van der Waals surface area contributed by atoms with Crippen LogP contribution in [0.1, 0.15) is 25.1 Å². The molecule has 2 rings (SSSR count). The molecule has 0 aliphatic carbocycles. The van der Waals surface area contributed by atoms with Gasteiger partial charge in [-0.1, -0.05) is 0 Å². The Labute approximate surface area is 115 Å². The zero-order valence-corrected chi connectivity index (χ0v) is 11.7. The first-order valence-electron chi connectivity index (χ1n) is 7.08. The van der Waals surface area contributed by atoms with Gasteiger partial charge in [0.25, 0.3) is 0 Å². The summed E-state index contributed by atoms with van der Waals surface area (Å²) < 4.78 is 5.55. The fourth-order valence-electron chi connectivity index (χ4n) is 2.87. The van der Waals surface area contributed by atoms with Crippen molar-refractivity contribution in [1.29, 1.82) is 0 Å². The van der Waals surface area contributed by atoms with Crippen molar-refractivity contribution in [3.63, 3.8) is 0 Å². The molecule has 3 N–H and O–H groups in total. The standard InChI is InChI=1S/C14H25N3O2/c1-12(15)14(13-4-2-11-19-13)17-6-3-5-16(7-8-17)9-10-18/h2,4,11-12,14,18H,3,5-10,15H2,1H3. The van der Waals surface area contributed by atoms with E-state index < -0.39 is 0 Å². The topological polar surface area (TPSA) is 65.9 Å². The fourth-order valence-corrected chi connectivity index (χ4v) is 2.87. The molecule has 0 saturated carbocycles. The Hall–Kier alpha value is -0.880. The first-order chi connectivity index (χ1) is 9.22. The summed E-state index contributed by atoms with van der Waals surface area (Å²) in [4.78, 5) is 4.71. The third-order valence-electron chi connectivity index (χ3n) is 3.77. The SMILES string of the molecule is CC(N)C(c1ccco1)N1CCCN(CCO)CC1. The zero-order chi connectivity index (χ0) is 13.7. The number of hydrogen-bond donors (Lipinski definition) is 2. The van der Waals surface area contributed by atoms with E-state index in [-0.39, 0.29) is 18.7 Å². The van der Waals surface area contributed by atoms with Crippen molar-refractivity contribution in [3.05, 3.63) is 24.2 Å². The molecule has 1 fully saturated rings. The highest BCUT2D eigenvalue weighted by atomic mass is 16.3. The van der Waals surface area contributed by atoms with Gasteiger partial charge in [-0.2, -0.15) is 0 Å². The van der Waals surface area contributed by atoms with Crippen LogP contribution in [0.25, 0.3) is 0 Å². The van der Waals surface area contributed by atoms with E-state index in [1.54, 1.807) is 6.26 Å². The minimum absolute atomic E-state index is 0.0375. The highest BCUT2D eigenvalue weighted by Gasteiger charge is 2.27. The van der Waals surface area contributed by atoms with Gasteiger partial charge < -0.3 is 15.3 Å². The molecule has 0 aromatic carbocycles. The Morgan fingerprint density at radius 3 is 2.84 bits per heavy atom. The molecule has 19 heavy (non-hydrogen) atoms. The first kappa shape index (κ1) is 14.5. The number of aliphatic hydroxyl groups is 1. The third-order valence-corrected chi connectivity index (χ3v) is 3.77. The van der Waals surface area contributed by atoms with E-state index in [9.17, 15) is 0 Å². The lowest BCUT2D eigenvalue weighted by Crippen LogP contribution is -2.41. The van der Waals surface area contributed by atoms with Gasteiger partial charge in [-0.15, -0.1) is 0 Å². The lowest BCUT2D eigenvalue weighted by molar-refractivity contribution is 0.153. The van der Waals surface area contributed by atoms with Gasteiger partial charge in [0.1, 0.15) is 5.76 Å². The third kappa shape index (κ3) is 3.79. The molecule has 108 valence electrons. The molecular weight excluding hydrogens is 242 g/mol. The number of rotatable bonds is 5. The second-order valence-electron chi connectivity index (χ2n) is 5.27. The highest BCUT2D eigenvalue weighted by Crippen LogP contribution is 2.25. The molecule has 1 aliphatic heterocycles. The van der Waals surface area contributed by atoms with E-state index in [0.717, 1.165) is 44.9 Å². The number of furan rings is 1. The van der Waals surface area contributed by atoms with Crippen LogP contribution in [0.5, 0.6) is 0 Å². The van der Waals surface area contributed by atoms with Crippen LogP contribution in [0.15, 0.2) is 22.8 Å². The first-order valence-corrected chi connectivity index (χ1v) is 7.08. The van der Waals surface area contributed by atoms with Crippen molar-refractivity contribution >= 4 is 0 Å². The van der Waals surface area contributed by atoms with E-state index in [0.29, 0.717) is 0 Å². The van der Waals surface area contributed by atoms with Crippen molar-refractivity contribution in [2.24, 2.45) is 5.73 Å². The van der Waals surface area contributed by atoms with Crippen molar-refractivity contribution in [2.45, 2.75) is 25.4 Å². The highest BCUT2D eigenvalue weighted by molar-refractivity contribution is 5.07. The van der Waals surface area contributed by atoms with E-state index in [1.807, 2.05) is 19.1 Å². The number of nitrogens with two attached hydrogens (primary N) is 1. The molecule has 2 unspecified atom stereocenters. The molecule has 0 radical (unpaired) electrons. The van der Waals surface area contributed by atoms with Gasteiger partial charge in [0, 0.05) is 32.2 Å². The largest absolute Gasteiger partial charge is 0.468 e. The van der Waals surface area contributed by atoms with E-state index in [2.05, 4.69) is 9.80 Å². The maximum atomic E-state index is 9.03. The van der Waals surface area contributed by atoms with Crippen LogP contribution in [0.4, 0.5) is 0 Å². The van der Waals surface area contributed by atoms with Crippen LogP contribution in [0, 0.1) is 0 Å². The van der Waals surface area contributed by atoms with Crippen molar-refractivity contribution in [2.75, 3.05) is 39.3 Å². The maximum Gasteiger partial charge on any atom is 0.122 e. The summed E-state index contributed by atoms with van der Waals surface area (Å²) >= 11 is 0. The van der Waals surface area contributed by atoms with E-state index in [4.69, 9.17) is 15.3 Å². The Morgan fingerprint density at radius 1 is 1.37 bits per heavy atom. The molecule has 0 amide bonds. The zero-order valence-electron chi connectivity index (χ0n) is 11.7. The summed E-state index contributed by atoms with van der Waals surface area (Å²) in [6.07, 6.45) is 2.81. The van der Waals surface area contributed by atoms with Gasteiger partial charge in [0.2, 0.25) is 0 Å². The summed E-state index contributed by atoms with van der Waals surface area (Å²) in [6, 6.07) is 4.10. The summed E-state index contributed by atoms with van der Waals surface area (Å²) in [7, 11) is 0. The Kier molecular flexibility index (Phi) is 5.39. The molecule has 1 aromatic heterocycles. The number of nitrogens with zero attached hydrogens (tertiary/aromatic N) is 2. The Bertz CT molecular complexity index is 354. The van der Waals surface area contributed by atoms with E-state index >= 15 is 0 Å². The molecular formula is C14H25N3O2. The molecule has 2 atom stereocenters. The Balaban J connectivity index is 2.02. The summed E-state index contributed by atoms with van der Waals surface area (Å²) in [6.45, 7) is 7.03. The average Bonchev–Trinajstić information content (AvgIpc) is 2.79.